The van der Waals surface area contributed by atoms with Gasteiger partial charge in [0.25, 0.3) is 0 Å². The van der Waals surface area contributed by atoms with Gasteiger partial charge in [0.05, 0.1) is 0 Å². The molecular weight excluding hydrogens is 252 g/mol. The first-order valence-corrected chi connectivity index (χ1v) is 6.29. The first-order valence-electron chi connectivity index (χ1n) is 6.29. The van der Waals surface area contributed by atoms with E-state index in [0.29, 0.717) is 0 Å². The Labute approximate surface area is 114 Å². The first kappa shape index (κ1) is 11.1. The van der Waals surface area contributed by atoms with Crippen LogP contribution in [0.25, 0.3) is 33.0 Å². The third kappa shape index (κ3) is 1.26. The number of benzene rings is 3. The molecule has 0 unspecified atom stereocenters. The van der Waals surface area contributed by atoms with Crippen molar-refractivity contribution < 1.29 is 15.0 Å². The summed E-state index contributed by atoms with van der Waals surface area (Å²) in [4.78, 5) is 11.2. The molecule has 3 aromatic rings. The maximum atomic E-state index is 11.2. The van der Waals surface area contributed by atoms with Gasteiger partial charge in [-0.15, -0.1) is 0 Å². The summed E-state index contributed by atoms with van der Waals surface area (Å²) >= 11 is 0. The van der Waals surface area contributed by atoms with E-state index in [2.05, 4.69) is 0 Å². The second-order valence-corrected chi connectivity index (χ2v) is 4.93. The second-order valence-electron chi connectivity index (χ2n) is 4.93. The molecule has 3 heteroatoms. The van der Waals surface area contributed by atoms with Crippen molar-refractivity contribution in [2.75, 3.05) is 0 Å². The minimum absolute atomic E-state index is 0.0615. The average molecular weight is 262 g/mol. The quantitative estimate of drug-likeness (QED) is 0.547. The van der Waals surface area contributed by atoms with Gasteiger partial charge in [-0.2, -0.15) is 0 Å². The SMILES string of the molecule is O=C(O)c1cc2c(cc1O)-c1cccc3cccc-2c13. The number of aromatic hydroxyl groups is 1. The Balaban J connectivity index is 2.16. The molecule has 4 rings (SSSR count). The summed E-state index contributed by atoms with van der Waals surface area (Å²) in [6.07, 6.45) is 0. The van der Waals surface area contributed by atoms with Crippen molar-refractivity contribution in [1.29, 1.82) is 0 Å². The van der Waals surface area contributed by atoms with E-state index < -0.39 is 5.97 Å². The fourth-order valence-electron chi connectivity index (χ4n) is 3.00. The number of hydrogen-bond donors (Lipinski definition) is 2. The summed E-state index contributed by atoms with van der Waals surface area (Å²) in [6, 6.07) is 15.1. The zero-order chi connectivity index (χ0) is 13.9. The maximum Gasteiger partial charge on any atom is 0.339 e. The van der Waals surface area contributed by atoms with Gasteiger partial charge in [-0.05, 0) is 45.2 Å². The van der Waals surface area contributed by atoms with Gasteiger partial charge in [0.15, 0.2) is 0 Å². The number of aromatic carboxylic acids is 1. The Kier molecular flexibility index (Phi) is 1.99. The average Bonchev–Trinajstić information content (AvgIpc) is 2.74. The predicted octanol–water partition coefficient (Wildman–Crippen LogP) is 3.89. The van der Waals surface area contributed by atoms with Gasteiger partial charge in [0.1, 0.15) is 11.3 Å². The molecule has 3 aromatic carbocycles. The number of carboxylic acids is 1. The molecule has 0 aromatic heterocycles. The number of rotatable bonds is 1. The van der Waals surface area contributed by atoms with Crippen LogP contribution in [0.5, 0.6) is 5.75 Å². The molecule has 1 aliphatic rings. The summed E-state index contributed by atoms with van der Waals surface area (Å²) in [5.74, 6) is -1.31. The van der Waals surface area contributed by atoms with Crippen LogP contribution >= 0.6 is 0 Å². The Morgan fingerprint density at radius 1 is 0.850 bits per heavy atom. The molecule has 0 atom stereocenters. The van der Waals surface area contributed by atoms with Crippen LogP contribution < -0.4 is 0 Å². The van der Waals surface area contributed by atoms with Gasteiger partial charge in [-0.25, -0.2) is 4.79 Å². The molecule has 0 amide bonds. The summed E-state index contributed by atoms with van der Waals surface area (Å²) in [5, 5.41) is 21.3. The molecule has 96 valence electrons. The lowest BCUT2D eigenvalue weighted by molar-refractivity contribution is 0.0694. The van der Waals surface area contributed by atoms with Crippen LogP contribution in [0.2, 0.25) is 0 Å². The van der Waals surface area contributed by atoms with Gasteiger partial charge in [-0.3, -0.25) is 0 Å². The van der Waals surface area contributed by atoms with Gasteiger partial charge < -0.3 is 10.2 Å². The van der Waals surface area contributed by atoms with Crippen LogP contribution in [0.3, 0.4) is 0 Å². The Bertz CT molecular complexity index is 889. The second kappa shape index (κ2) is 3.61. The van der Waals surface area contributed by atoms with Crippen molar-refractivity contribution in [3.8, 4) is 28.0 Å². The van der Waals surface area contributed by atoms with E-state index >= 15 is 0 Å². The van der Waals surface area contributed by atoms with E-state index in [9.17, 15) is 9.90 Å². The fourth-order valence-corrected chi connectivity index (χ4v) is 3.00. The Hall–Kier alpha value is -2.81. The Morgan fingerprint density at radius 3 is 2.05 bits per heavy atom. The van der Waals surface area contributed by atoms with Crippen molar-refractivity contribution in [2.45, 2.75) is 0 Å². The van der Waals surface area contributed by atoms with Crippen molar-refractivity contribution in [2.24, 2.45) is 0 Å². The molecule has 0 saturated heterocycles. The number of carbonyl (C=O) groups is 1. The Morgan fingerprint density at radius 2 is 1.45 bits per heavy atom. The number of fused-ring (bicyclic) bond motifs is 3. The van der Waals surface area contributed by atoms with E-state index in [4.69, 9.17) is 5.11 Å². The van der Waals surface area contributed by atoms with E-state index in [-0.39, 0.29) is 11.3 Å². The highest BCUT2D eigenvalue weighted by molar-refractivity contribution is 6.16. The highest BCUT2D eigenvalue weighted by Gasteiger charge is 2.24. The lowest BCUT2D eigenvalue weighted by Gasteiger charge is -2.06. The van der Waals surface area contributed by atoms with Crippen LogP contribution in [0.15, 0.2) is 48.5 Å². The molecular formula is C17H10O3. The van der Waals surface area contributed by atoms with Crippen LogP contribution in [0.1, 0.15) is 10.4 Å². The molecule has 0 bridgehead atoms. The zero-order valence-corrected chi connectivity index (χ0v) is 10.4. The summed E-state index contributed by atoms with van der Waals surface area (Å²) in [5.41, 5.74) is 3.76. The predicted molar refractivity (Wildman–Crippen MR) is 77.0 cm³/mol. The monoisotopic (exact) mass is 262 g/mol. The van der Waals surface area contributed by atoms with Crippen LogP contribution in [-0.2, 0) is 0 Å². The zero-order valence-electron chi connectivity index (χ0n) is 10.4. The molecule has 3 nitrogen and oxygen atoms in total. The number of phenols is 1. The summed E-state index contributed by atoms with van der Waals surface area (Å²) in [6.45, 7) is 0. The summed E-state index contributed by atoms with van der Waals surface area (Å²) in [7, 11) is 0. The van der Waals surface area contributed by atoms with E-state index in [1.165, 1.54) is 0 Å². The highest BCUT2D eigenvalue weighted by Crippen LogP contribution is 2.48. The van der Waals surface area contributed by atoms with Gasteiger partial charge in [0, 0.05) is 0 Å². The van der Waals surface area contributed by atoms with Crippen LogP contribution in [-0.4, -0.2) is 16.2 Å². The maximum absolute atomic E-state index is 11.2. The minimum atomic E-state index is -1.12. The molecule has 0 radical (unpaired) electrons. The lowest BCUT2D eigenvalue weighted by atomic mass is 10.0. The first-order chi connectivity index (χ1) is 9.66. The van der Waals surface area contributed by atoms with Crippen LogP contribution in [0, 0.1) is 0 Å². The molecule has 0 saturated carbocycles. The normalized spacial score (nSPS) is 11.6. The van der Waals surface area contributed by atoms with Crippen molar-refractivity contribution in [3.05, 3.63) is 54.1 Å². The molecule has 0 heterocycles. The third-order valence-electron chi connectivity index (χ3n) is 3.85. The van der Waals surface area contributed by atoms with Crippen molar-refractivity contribution in [3.63, 3.8) is 0 Å². The molecule has 0 fully saturated rings. The highest BCUT2D eigenvalue weighted by atomic mass is 16.4. The van der Waals surface area contributed by atoms with Crippen molar-refractivity contribution >= 4 is 16.7 Å². The molecule has 1 aliphatic carbocycles. The van der Waals surface area contributed by atoms with Gasteiger partial charge in [0.2, 0.25) is 0 Å². The van der Waals surface area contributed by atoms with E-state index in [0.717, 1.165) is 33.0 Å². The third-order valence-corrected chi connectivity index (χ3v) is 3.85. The van der Waals surface area contributed by atoms with Gasteiger partial charge in [-0.1, -0.05) is 36.4 Å². The standard InChI is InChI=1S/C17H10O3/c18-15-8-13-11-6-2-4-9-3-1-5-10(16(9)11)12(13)7-14(15)17(19)20/h1-8,18H,(H,19,20). The fraction of sp³-hybridized carbons (Fsp3) is 0. The minimum Gasteiger partial charge on any atom is -0.507 e. The van der Waals surface area contributed by atoms with Gasteiger partial charge >= 0.3 is 5.97 Å². The van der Waals surface area contributed by atoms with Crippen LogP contribution in [0.4, 0.5) is 0 Å². The largest absolute Gasteiger partial charge is 0.507 e. The van der Waals surface area contributed by atoms with E-state index in [1.54, 1.807) is 12.1 Å². The smallest absolute Gasteiger partial charge is 0.339 e. The lowest BCUT2D eigenvalue weighted by Crippen LogP contribution is -1.97. The number of hydrogen-bond acceptors (Lipinski definition) is 2. The molecule has 0 spiro atoms. The molecule has 20 heavy (non-hydrogen) atoms. The van der Waals surface area contributed by atoms with Crippen molar-refractivity contribution in [1.82, 2.24) is 0 Å². The van der Waals surface area contributed by atoms with E-state index in [1.807, 2.05) is 36.4 Å². The number of carboxylic acid groups (broad SMARTS) is 1. The molecule has 0 aliphatic heterocycles. The summed E-state index contributed by atoms with van der Waals surface area (Å²) < 4.78 is 0. The molecule has 2 N–H and O–H groups in total. The topological polar surface area (TPSA) is 57.5 Å².